The number of nitrogens with zero attached hydrogens (tertiary/aromatic N) is 1. The van der Waals surface area contributed by atoms with Crippen LogP contribution in [0.25, 0.3) is 0 Å². The highest BCUT2D eigenvalue weighted by Gasteiger charge is 2.38. The lowest BCUT2D eigenvalue weighted by molar-refractivity contribution is -0.119. The van der Waals surface area contributed by atoms with Crippen molar-refractivity contribution in [2.75, 3.05) is 11.9 Å². The molecule has 0 aliphatic carbocycles. The minimum absolute atomic E-state index is 0.0275. The van der Waals surface area contributed by atoms with E-state index in [1.54, 1.807) is 13.0 Å². The molecule has 1 atom stereocenters. The van der Waals surface area contributed by atoms with Gasteiger partial charge in [-0.15, -0.1) is 0 Å². The van der Waals surface area contributed by atoms with Crippen molar-refractivity contribution in [1.82, 2.24) is 4.90 Å². The minimum atomic E-state index is -0.835. The Bertz CT molecular complexity index is 1000. The van der Waals surface area contributed by atoms with Crippen LogP contribution in [0.1, 0.15) is 51.3 Å². The summed E-state index contributed by atoms with van der Waals surface area (Å²) in [6.07, 6.45) is 0.609. The molecule has 29 heavy (non-hydrogen) atoms. The van der Waals surface area contributed by atoms with Crippen LogP contribution in [0.5, 0.6) is 0 Å². The van der Waals surface area contributed by atoms with Crippen molar-refractivity contribution < 1.29 is 28.3 Å². The van der Waals surface area contributed by atoms with Crippen LogP contribution >= 0.6 is 0 Å². The van der Waals surface area contributed by atoms with Gasteiger partial charge in [-0.2, -0.15) is 0 Å². The number of anilines is 1. The SMILES string of the molecule is CC[C@@H](C)N1C(=O)c2ccc(C(=O)OCC(=O)Nc3ccccc3F)cc2C1=O. The van der Waals surface area contributed by atoms with Gasteiger partial charge in [-0.1, -0.05) is 19.1 Å². The number of hydrogen-bond donors (Lipinski definition) is 1. The van der Waals surface area contributed by atoms with E-state index in [1.807, 2.05) is 6.92 Å². The number of amides is 3. The van der Waals surface area contributed by atoms with Crippen molar-refractivity contribution in [3.8, 4) is 0 Å². The molecule has 2 aromatic carbocycles. The molecule has 1 heterocycles. The maximum atomic E-state index is 13.5. The number of carbonyl (C=O) groups is 4. The maximum absolute atomic E-state index is 13.5. The fraction of sp³-hybridized carbons (Fsp3) is 0.238. The van der Waals surface area contributed by atoms with Crippen molar-refractivity contribution in [1.29, 1.82) is 0 Å². The molecule has 0 fully saturated rings. The zero-order valence-electron chi connectivity index (χ0n) is 15.9. The van der Waals surface area contributed by atoms with E-state index in [-0.39, 0.29) is 28.4 Å². The van der Waals surface area contributed by atoms with E-state index in [0.717, 1.165) is 0 Å². The first kappa shape index (κ1) is 20.2. The van der Waals surface area contributed by atoms with Crippen molar-refractivity contribution in [3.63, 3.8) is 0 Å². The number of imide groups is 1. The molecule has 2 aromatic rings. The number of nitrogens with one attached hydrogen (secondary N) is 1. The average Bonchev–Trinajstić information content (AvgIpc) is 2.97. The lowest BCUT2D eigenvalue weighted by Crippen LogP contribution is -2.37. The van der Waals surface area contributed by atoms with Gasteiger partial charge in [0.2, 0.25) is 0 Å². The Balaban J connectivity index is 1.67. The van der Waals surface area contributed by atoms with Crippen molar-refractivity contribution in [3.05, 3.63) is 65.0 Å². The van der Waals surface area contributed by atoms with Gasteiger partial charge in [0.1, 0.15) is 5.82 Å². The van der Waals surface area contributed by atoms with E-state index in [9.17, 15) is 23.6 Å². The van der Waals surface area contributed by atoms with Crippen molar-refractivity contribution in [2.45, 2.75) is 26.3 Å². The summed E-state index contributed by atoms with van der Waals surface area (Å²) in [5.74, 6) is -3.02. The Morgan fingerprint density at radius 2 is 1.79 bits per heavy atom. The fourth-order valence-electron chi connectivity index (χ4n) is 2.93. The van der Waals surface area contributed by atoms with E-state index >= 15 is 0 Å². The smallest absolute Gasteiger partial charge is 0.338 e. The molecule has 3 rings (SSSR count). The molecule has 0 saturated heterocycles. The number of benzene rings is 2. The molecule has 1 aliphatic heterocycles. The molecule has 3 amide bonds. The molecule has 0 spiro atoms. The molecule has 150 valence electrons. The number of ether oxygens (including phenoxy) is 1. The van der Waals surface area contributed by atoms with Gasteiger partial charge in [-0.05, 0) is 43.7 Å². The summed E-state index contributed by atoms with van der Waals surface area (Å²) in [5.41, 5.74) is 0.361. The normalized spacial score (nSPS) is 13.8. The summed E-state index contributed by atoms with van der Waals surface area (Å²) >= 11 is 0. The monoisotopic (exact) mass is 398 g/mol. The van der Waals surface area contributed by atoms with Crippen LogP contribution in [0.2, 0.25) is 0 Å². The Hall–Kier alpha value is -3.55. The van der Waals surface area contributed by atoms with Gasteiger partial charge in [0.25, 0.3) is 17.7 Å². The zero-order chi connectivity index (χ0) is 21.1. The summed E-state index contributed by atoms with van der Waals surface area (Å²) < 4.78 is 18.5. The van der Waals surface area contributed by atoms with Crippen LogP contribution in [0.4, 0.5) is 10.1 Å². The summed E-state index contributed by atoms with van der Waals surface area (Å²) in [4.78, 5) is 50.2. The largest absolute Gasteiger partial charge is 0.452 e. The molecule has 0 radical (unpaired) electrons. The van der Waals surface area contributed by atoms with Crippen molar-refractivity contribution >= 4 is 29.4 Å². The summed E-state index contributed by atoms with van der Waals surface area (Å²) in [6, 6.07) is 9.38. The van der Waals surface area contributed by atoms with Gasteiger partial charge >= 0.3 is 5.97 Å². The molecule has 1 aliphatic rings. The number of para-hydroxylation sites is 1. The van der Waals surface area contributed by atoms with Crippen LogP contribution in [-0.2, 0) is 9.53 Å². The Labute approximate surface area is 166 Å². The summed E-state index contributed by atoms with van der Waals surface area (Å²) in [5, 5.41) is 2.30. The molecular weight excluding hydrogens is 379 g/mol. The van der Waals surface area contributed by atoms with E-state index in [2.05, 4.69) is 5.32 Å². The molecule has 0 saturated carbocycles. The number of fused-ring (bicyclic) bond motifs is 1. The first-order chi connectivity index (χ1) is 13.8. The maximum Gasteiger partial charge on any atom is 0.338 e. The topological polar surface area (TPSA) is 92.8 Å². The summed E-state index contributed by atoms with van der Waals surface area (Å²) in [6.45, 7) is 3.00. The van der Waals surface area contributed by atoms with Crippen LogP contribution in [0, 0.1) is 5.82 Å². The van der Waals surface area contributed by atoms with Crippen LogP contribution in [0.3, 0.4) is 0 Å². The highest BCUT2D eigenvalue weighted by Crippen LogP contribution is 2.26. The minimum Gasteiger partial charge on any atom is -0.452 e. The molecular formula is C21H19FN2O5. The van der Waals surface area contributed by atoms with Crippen LogP contribution < -0.4 is 5.32 Å². The summed E-state index contributed by atoms with van der Waals surface area (Å²) in [7, 11) is 0. The van der Waals surface area contributed by atoms with Crippen molar-refractivity contribution in [2.24, 2.45) is 0 Å². The predicted molar refractivity (Wildman–Crippen MR) is 102 cm³/mol. The Morgan fingerprint density at radius 3 is 2.48 bits per heavy atom. The third kappa shape index (κ3) is 4.01. The lowest BCUT2D eigenvalue weighted by Gasteiger charge is -2.20. The first-order valence-electron chi connectivity index (χ1n) is 9.07. The van der Waals surface area contributed by atoms with Gasteiger partial charge in [-0.25, -0.2) is 9.18 Å². The molecule has 0 unspecified atom stereocenters. The number of rotatable bonds is 6. The quantitative estimate of drug-likeness (QED) is 0.596. The fourth-order valence-corrected chi connectivity index (χ4v) is 2.93. The standard InChI is InChI=1S/C21H19FN2O5/c1-3-12(2)24-19(26)14-9-8-13(10-15(14)20(24)27)21(28)29-11-18(25)23-17-7-5-4-6-16(17)22/h4-10,12H,3,11H2,1-2H3,(H,23,25)/t12-/m1/s1. The number of esters is 1. The number of halogens is 1. The van der Waals surface area contributed by atoms with Gasteiger partial charge < -0.3 is 10.1 Å². The van der Waals surface area contributed by atoms with Gasteiger partial charge in [0.05, 0.1) is 22.4 Å². The van der Waals surface area contributed by atoms with E-state index in [1.165, 1.54) is 41.3 Å². The second kappa shape index (κ2) is 8.22. The third-order valence-electron chi connectivity index (χ3n) is 4.67. The van der Waals surface area contributed by atoms with Gasteiger partial charge in [-0.3, -0.25) is 19.3 Å². The molecule has 1 N–H and O–H groups in total. The zero-order valence-corrected chi connectivity index (χ0v) is 15.9. The molecule has 0 aromatic heterocycles. The highest BCUT2D eigenvalue weighted by atomic mass is 19.1. The van der Waals surface area contributed by atoms with Gasteiger partial charge in [0, 0.05) is 6.04 Å². The van der Waals surface area contributed by atoms with Crippen LogP contribution in [-0.4, -0.2) is 41.2 Å². The lowest BCUT2D eigenvalue weighted by atomic mass is 10.1. The van der Waals surface area contributed by atoms with E-state index in [0.29, 0.717) is 6.42 Å². The van der Waals surface area contributed by atoms with Crippen LogP contribution in [0.15, 0.2) is 42.5 Å². The average molecular weight is 398 g/mol. The predicted octanol–water partition coefficient (Wildman–Crippen LogP) is 3.02. The van der Waals surface area contributed by atoms with E-state index < -0.39 is 36.1 Å². The molecule has 8 heteroatoms. The Kier molecular flexibility index (Phi) is 5.72. The second-order valence-electron chi connectivity index (χ2n) is 6.60. The number of hydrogen-bond acceptors (Lipinski definition) is 5. The Morgan fingerprint density at radius 1 is 1.10 bits per heavy atom. The van der Waals surface area contributed by atoms with Gasteiger partial charge in [0.15, 0.2) is 6.61 Å². The molecule has 7 nitrogen and oxygen atoms in total. The highest BCUT2D eigenvalue weighted by molar-refractivity contribution is 6.22. The number of carbonyl (C=O) groups excluding carboxylic acids is 4. The first-order valence-corrected chi connectivity index (χ1v) is 9.07. The second-order valence-corrected chi connectivity index (χ2v) is 6.60. The van der Waals surface area contributed by atoms with E-state index in [4.69, 9.17) is 4.74 Å². The third-order valence-corrected chi connectivity index (χ3v) is 4.67. The molecule has 0 bridgehead atoms.